The Balaban J connectivity index is 0.000000302. The van der Waals surface area contributed by atoms with Crippen molar-refractivity contribution in [2.45, 2.75) is 327 Å². The first-order valence-electron chi connectivity index (χ1n) is 40.3. The molecule has 0 radical (unpaired) electrons. The third-order valence-corrected chi connectivity index (χ3v) is 23.2. The van der Waals surface area contributed by atoms with Crippen LogP contribution in [0.15, 0.2) is 58.2 Å². The van der Waals surface area contributed by atoms with Gasteiger partial charge in [-0.15, -0.1) is 0 Å². The summed E-state index contributed by atoms with van der Waals surface area (Å²) in [5, 5.41) is 381. The highest BCUT2D eigenvalue weighted by Crippen LogP contribution is 2.36. The first-order valence-corrected chi connectivity index (χ1v) is 40.3. The molecule has 54 heteroatoms. The van der Waals surface area contributed by atoms with E-state index in [0.717, 1.165) is 0 Å². The summed E-state index contributed by atoms with van der Waals surface area (Å²) in [6.07, 6.45) is -56.0. The quantitative estimate of drug-likeness (QED) is 0.0503. The Kier molecular flexibility index (Phi) is 46.7. The van der Waals surface area contributed by atoms with Gasteiger partial charge in [-0.3, -0.25) is 0 Å². The molecule has 127 heavy (non-hydrogen) atoms. The van der Waals surface area contributed by atoms with Gasteiger partial charge in [0.05, 0.1) is 120 Å². The van der Waals surface area contributed by atoms with Crippen molar-refractivity contribution in [1.82, 2.24) is 16.0 Å². The molecule has 6 saturated heterocycles. The number of aliphatic hydroxyl groups excluding tert-OH is 38. The van der Waals surface area contributed by atoms with Crippen molar-refractivity contribution in [3.05, 3.63) is 58.2 Å². The molecule has 5 aliphatic carbocycles. The Morgan fingerprint density at radius 3 is 0.740 bits per heavy atom. The van der Waals surface area contributed by atoms with Crippen LogP contribution < -0.4 is 38.9 Å². The fourth-order valence-electron chi connectivity index (χ4n) is 15.4. The molecule has 6 heterocycles. The summed E-state index contributed by atoms with van der Waals surface area (Å²) in [7, 11) is 3.00. The average molecular weight is 1860 g/mol. The lowest BCUT2D eigenvalue weighted by atomic mass is 9.86. The summed E-state index contributed by atoms with van der Waals surface area (Å²) in [6.45, 7) is -0.162. The van der Waals surface area contributed by atoms with E-state index >= 15 is 0 Å². The van der Waals surface area contributed by atoms with Gasteiger partial charge < -0.3 is 276 Å². The second-order valence-electron chi connectivity index (χ2n) is 31.5. The average Bonchev–Trinajstić information content (AvgIpc) is 0.782. The highest BCUT2D eigenvalue weighted by atomic mass is 16.8. The van der Waals surface area contributed by atoms with Gasteiger partial charge >= 0.3 is 0 Å². The number of hydrogen-bond donors (Lipinski definition) is 45. The molecule has 6 aliphatic heterocycles. The fraction of sp³-hybridized carbons (Fsp3) is 0.863. The van der Waals surface area contributed by atoms with Crippen LogP contribution in [0.5, 0.6) is 0 Å². The van der Waals surface area contributed by atoms with Gasteiger partial charge in [-0.1, -0.05) is 30.4 Å². The van der Waals surface area contributed by atoms with Crippen LogP contribution in [-0.2, 0) is 42.6 Å². The smallest absolute Gasteiger partial charge is 0.187 e. The van der Waals surface area contributed by atoms with Crippen LogP contribution >= 0.6 is 0 Å². The van der Waals surface area contributed by atoms with Crippen LogP contribution in [0, 0.1) is 0 Å². The molecule has 54 nitrogen and oxygen atoms in total. The maximum Gasteiger partial charge on any atom is 0.187 e. The zero-order chi connectivity index (χ0) is 96.4. The number of rotatable bonds is 20. The molecule has 744 valence electrons. The van der Waals surface area contributed by atoms with Crippen molar-refractivity contribution in [1.29, 1.82) is 0 Å². The third-order valence-electron chi connectivity index (χ3n) is 23.2. The molecule has 0 amide bonds. The van der Waals surface area contributed by atoms with Gasteiger partial charge in [-0.2, -0.15) is 0 Å². The van der Waals surface area contributed by atoms with Gasteiger partial charge in [0.25, 0.3) is 0 Å². The van der Waals surface area contributed by atoms with E-state index in [2.05, 4.69) is 27.4 Å². The number of nitrogens with one attached hydrogen (secondary N) is 3. The second-order valence-corrected chi connectivity index (χ2v) is 31.5. The molecule has 0 aromatic carbocycles. The maximum absolute atomic E-state index is 10.9. The Bertz CT molecular complexity index is 3320. The first kappa shape index (κ1) is 114. The number of ether oxygens (including phenoxy) is 9. The van der Waals surface area contributed by atoms with Crippen molar-refractivity contribution >= 4 is 0 Å². The largest absolute Gasteiger partial charge is 0.394 e. The molecule has 0 aromatic heterocycles. The highest BCUT2D eigenvalue weighted by Gasteiger charge is 2.57. The normalized spacial score (nSPS) is 48.1. The van der Waals surface area contributed by atoms with Crippen LogP contribution in [0.2, 0.25) is 0 Å². The topological polar surface area (TPSA) is 992 Å². The number of aliphatic hydroxyl groups is 38. The molecule has 0 bridgehead atoms. The molecule has 0 aromatic rings. The standard InChI is InChI=1S/C25H43NO18.C19H33NO13.C13H23NO8.2C7H13NO4.2CH5N/c1-6-11(26-8-2-7(3-27)12(30)15(33)13(8)31)14(32)19(37)24(40-6)43-22-10(5-29)42-25(20(38)17(22)35)44-21-9(4-28)41-23(39)18(36)16(21)34;1-5-9(20-7-2-6(3-21)10(23)13(26)11(7)24)12(25)16(29)19(31-5)33-17-8(4-22)32-18(30)15(28)14(17)27;1-4-7(10(18)12(20)13(21)22-4)14-6-2-5(3-15)8(16)11(19)9(6)17;2*8-4-1-3(2-9)5(10)7(12)6(4)11;2*1-2/h2,6,8-39H,3-5H2,1H3;2,5,7-30H,3-4H2,1H3;2,4,6-21H,3H2,1H3;2*1,4-7,9-12H,2,8H2;2*2H2,1H3/t6?,8-,9?,10?,11+,12+,13-,14-,15-,16+,17+,18?,19?,20?,21+,22+,23?,24+,25+;5?,7-,8?,9+,10+,11-,12-,13-,14+,15?,16?,17+,18?,19+;4?,6-,7+,8+,9-,10-,11-,12?,13+;2*4?,5-,6+,7+;;/m00011../s1. The van der Waals surface area contributed by atoms with Crippen LogP contribution in [-0.4, -0.2) is 567 Å². The van der Waals surface area contributed by atoms with Gasteiger partial charge in [-0.25, -0.2) is 0 Å². The molecule has 0 spiro atoms. The van der Waals surface area contributed by atoms with Crippen molar-refractivity contribution in [3.63, 3.8) is 0 Å². The fourth-order valence-corrected chi connectivity index (χ4v) is 15.4. The molecule has 50 atom stereocenters. The summed E-state index contributed by atoms with van der Waals surface area (Å²) in [4.78, 5) is 0. The molecule has 16 unspecified atom stereocenters. The zero-order valence-electron chi connectivity index (χ0n) is 69.4. The van der Waals surface area contributed by atoms with Crippen molar-refractivity contribution in [2.75, 3.05) is 67.0 Å². The van der Waals surface area contributed by atoms with E-state index in [0.29, 0.717) is 0 Å². The van der Waals surface area contributed by atoms with E-state index in [1.165, 1.54) is 58.3 Å². The van der Waals surface area contributed by atoms with Gasteiger partial charge in [0.15, 0.2) is 37.7 Å². The summed E-state index contributed by atoms with van der Waals surface area (Å²) in [5.41, 5.74) is 20.5. The van der Waals surface area contributed by atoms with Crippen LogP contribution in [0.1, 0.15) is 20.8 Å². The molecule has 6 fully saturated rings. The summed E-state index contributed by atoms with van der Waals surface area (Å²) in [5.74, 6) is 0. The first-order chi connectivity index (χ1) is 59.7. The molecule has 0 saturated carbocycles. The SMILES string of the molecule is CC1O[C@@H](O)C(O)[C@@H](O)[C@@H]1N[C@H]1C=C(CO)[C@@H](O)[C@H](O)[C@H]1O.CC1O[C@H](O[C@@H]2C(CO)OC(O)C(O)[C@H]2O)C(O)[C@@H](O)[C@@H]1N[C@H]1C=C(CO)[C@@H](O)[C@H](O)[C@H]1O.CC1O[C@H](O[C@@H]2C(CO)O[C@H](O[C@@H]3C(CO)OC(O)C(O)[C@H]3O)C(O)[C@H]2O)C(O)[C@@H](O)[C@@H]1N[C@H]1C=C(CO)[C@@H](O)[C@H](O)[C@H]1O.CN.CN.NC1C=C(CO)[C@@H](O)[C@H](O)[C@H]1O.NC1C=C(CO)[C@@H](O)[C@H](O)[C@H]1O. The lowest BCUT2D eigenvalue weighted by molar-refractivity contribution is -0.373. The van der Waals surface area contributed by atoms with Gasteiger partial charge in [0.2, 0.25) is 0 Å². The van der Waals surface area contributed by atoms with Crippen molar-refractivity contribution in [3.8, 4) is 0 Å². The molecule has 11 aliphatic rings. The van der Waals surface area contributed by atoms with Gasteiger partial charge in [-0.05, 0) is 62.7 Å². The van der Waals surface area contributed by atoms with Gasteiger partial charge in [0.1, 0.15) is 201 Å². The maximum atomic E-state index is 10.9. The van der Waals surface area contributed by atoms with Crippen molar-refractivity contribution < 1.29 is 237 Å². The molecule has 49 N–H and O–H groups in total. The van der Waals surface area contributed by atoms with E-state index in [1.54, 1.807) is 6.92 Å². The predicted octanol–water partition coefficient (Wildman–Crippen LogP) is -25.4. The van der Waals surface area contributed by atoms with Gasteiger partial charge in [0, 0.05) is 0 Å². The van der Waals surface area contributed by atoms with Crippen molar-refractivity contribution in [2.24, 2.45) is 22.9 Å². The summed E-state index contributed by atoms with van der Waals surface area (Å²) in [6, 6.07) is -7.36. The van der Waals surface area contributed by atoms with Crippen LogP contribution in [0.3, 0.4) is 0 Å². The second kappa shape index (κ2) is 52.0. The lowest BCUT2D eigenvalue weighted by Crippen LogP contribution is -2.68. The van der Waals surface area contributed by atoms with E-state index in [1.807, 2.05) is 0 Å². The minimum atomic E-state index is -1.93. The van der Waals surface area contributed by atoms with Crippen LogP contribution in [0.25, 0.3) is 0 Å². The summed E-state index contributed by atoms with van der Waals surface area (Å²) < 4.78 is 48.6. The Labute approximate surface area is 725 Å². The third kappa shape index (κ3) is 27.1. The Hall–Kier alpha value is -3.46. The minimum Gasteiger partial charge on any atom is -0.394 e. The molecular weight excluding hydrogens is 1730 g/mol. The highest BCUT2D eigenvalue weighted by molar-refractivity contribution is 5.26. The monoisotopic (exact) mass is 1860 g/mol. The van der Waals surface area contributed by atoms with E-state index in [9.17, 15) is 174 Å². The number of nitrogens with two attached hydrogens (primary N) is 4. The zero-order valence-corrected chi connectivity index (χ0v) is 69.4. The Morgan fingerprint density at radius 1 is 0.252 bits per heavy atom. The number of hydrogen-bond acceptors (Lipinski definition) is 54. The summed E-state index contributed by atoms with van der Waals surface area (Å²) >= 11 is 0. The van der Waals surface area contributed by atoms with E-state index in [4.69, 9.17) is 74.5 Å². The predicted molar refractivity (Wildman–Crippen MR) is 418 cm³/mol. The molecular formula is C73H135N7O47. The lowest BCUT2D eigenvalue weighted by Gasteiger charge is -2.48. The minimum absolute atomic E-state index is 0.0225. The Morgan fingerprint density at radius 2 is 0.465 bits per heavy atom. The molecule has 11 rings (SSSR count). The van der Waals surface area contributed by atoms with Crippen LogP contribution in [0.4, 0.5) is 0 Å². The van der Waals surface area contributed by atoms with E-state index < -0.39 is 345 Å². The van der Waals surface area contributed by atoms with E-state index in [-0.39, 0.29) is 41.1 Å².